The van der Waals surface area contributed by atoms with Crippen molar-refractivity contribution in [3.05, 3.63) is 24.0 Å². The molecule has 0 amide bonds. The number of nitrogen functional groups attached to an aromatic ring is 1. The number of rotatable bonds is 5. The van der Waals surface area contributed by atoms with E-state index in [-0.39, 0.29) is 0 Å². The second kappa shape index (κ2) is 6.49. The summed E-state index contributed by atoms with van der Waals surface area (Å²) in [6.07, 6.45) is 1.77. The van der Waals surface area contributed by atoms with Crippen molar-refractivity contribution in [3.63, 3.8) is 0 Å². The lowest BCUT2D eigenvalue weighted by Gasteiger charge is -2.37. The second-order valence-corrected chi connectivity index (χ2v) is 6.04. The van der Waals surface area contributed by atoms with Crippen LogP contribution in [0.25, 0.3) is 0 Å². The fourth-order valence-electron chi connectivity index (χ4n) is 2.54. The molecular weight excluding hydrogens is 254 g/mol. The van der Waals surface area contributed by atoms with E-state index in [4.69, 9.17) is 5.84 Å². The Hall–Kier alpha value is -1.21. The number of hydrogen-bond acceptors (Lipinski definition) is 6. The van der Waals surface area contributed by atoms with Crippen LogP contribution >= 0.6 is 0 Å². The van der Waals surface area contributed by atoms with Crippen LogP contribution in [0.4, 0.5) is 5.69 Å². The fraction of sp³-hybridized carbons (Fsp3) is 0.643. The Bertz CT molecular complexity index is 424. The Labute approximate surface area is 120 Å². The third kappa shape index (κ3) is 4.72. The first-order valence-corrected chi connectivity index (χ1v) is 7.05. The van der Waals surface area contributed by atoms with Crippen LogP contribution < -0.4 is 11.3 Å². The molecule has 0 saturated carbocycles. The van der Waals surface area contributed by atoms with Crippen molar-refractivity contribution < 1.29 is 5.11 Å². The predicted molar refractivity (Wildman–Crippen MR) is 80.1 cm³/mol. The Morgan fingerprint density at radius 1 is 1.30 bits per heavy atom. The van der Waals surface area contributed by atoms with E-state index in [1.165, 1.54) is 0 Å². The second-order valence-electron chi connectivity index (χ2n) is 6.04. The first-order chi connectivity index (χ1) is 9.46. The van der Waals surface area contributed by atoms with Gasteiger partial charge in [-0.1, -0.05) is 0 Å². The number of hydrogen-bond donors (Lipinski definition) is 3. The number of aromatic nitrogens is 1. The zero-order valence-electron chi connectivity index (χ0n) is 12.3. The van der Waals surface area contributed by atoms with E-state index >= 15 is 0 Å². The van der Waals surface area contributed by atoms with Crippen molar-refractivity contribution in [2.75, 3.05) is 38.1 Å². The van der Waals surface area contributed by atoms with Gasteiger partial charge in [0, 0.05) is 45.5 Å². The highest BCUT2D eigenvalue weighted by molar-refractivity contribution is 5.41. The van der Waals surface area contributed by atoms with E-state index in [0.717, 1.165) is 50.6 Å². The van der Waals surface area contributed by atoms with Gasteiger partial charge in [-0.3, -0.25) is 20.6 Å². The molecule has 0 radical (unpaired) electrons. The normalized spacial score (nSPS) is 18.2. The quantitative estimate of drug-likeness (QED) is 0.530. The van der Waals surface area contributed by atoms with Crippen molar-refractivity contribution >= 4 is 5.69 Å². The summed E-state index contributed by atoms with van der Waals surface area (Å²) in [5, 5.41) is 9.84. The summed E-state index contributed by atoms with van der Waals surface area (Å²) in [6, 6.07) is 3.83. The molecular formula is C14H25N5O. The first kappa shape index (κ1) is 15.2. The van der Waals surface area contributed by atoms with Gasteiger partial charge in [-0.15, -0.1) is 0 Å². The Morgan fingerprint density at radius 2 is 1.95 bits per heavy atom. The molecule has 20 heavy (non-hydrogen) atoms. The highest BCUT2D eigenvalue weighted by Crippen LogP contribution is 2.12. The van der Waals surface area contributed by atoms with Gasteiger partial charge in [-0.25, -0.2) is 0 Å². The smallest absolute Gasteiger partial charge is 0.0718 e. The minimum atomic E-state index is -0.620. The van der Waals surface area contributed by atoms with Crippen molar-refractivity contribution in [2.24, 2.45) is 5.84 Å². The number of pyridine rings is 1. The van der Waals surface area contributed by atoms with Gasteiger partial charge in [-0.05, 0) is 26.0 Å². The molecule has 0 aliphatic carbocycles. The van der Waals surface area contributed by atoms with E-state index in [0.29, 0.717) is 0 Å². The van der Waals surface area contributed by atoms with Crippen molar-refractivity contribution in [1.29, 1.82) is 0 Å². The van der Waals surface area contributed by atoms with Gasteiger partial charge in [0.1, 0.15) is 0 Å². The predicted octanol–water partition coefficient (Wildman–Crippen LogP) is 0.256. The summed E-state index contributed by atoms with van der Waals surface area (Å²) < 4.78 is 0. The van der Waals surface area contributed by atoms with Gasteiger partial charge in [0.15, 0.2) is 0 Å². The molecule has 0 bridgehead atoms. The van der Waals surface area contributed by atoms with E-state index in [2.05, 4.69) is 20.2 Å². The molecule has 1 fully saturated rings. The number of aliphatic hydroxyl groups is 1. The third-order valence-corrected chi connectivity index (χ3v) is 3.44. The molecule has 0 atom stereocenters. The standard InChI is InChI=1S/C14H25N5O/c1-14(2,20)11-19-7-5-18(6-8-19)10-13-9-12(17-15)3-4-16-13/h3-4,9,20H,5-8,10-11,15H2,1-2H3,(H,16,17). The highest BCUT2D eigenvalue weighted by atomic mass is 16.3. The maximum atomic E-state index is 9.84. The van der Waals surface area contributed by atoms with Crippen LogP contribution in [0.1, 0.15) is 19.5 Å². The molecule has 112 valence electrons. The maximum Gasteiger partial charge on any atom is 0.0718 e. The monoisotopic (exact) mass is 279 g/mol. The molecule has 4 N–H and O–H groups in total. The number of nitrogens with zero attached hydrogens (tertiary/aromatic N) is 3. The highest BCUT2D eigenvalue weighted by Gasteiger charge is 2.22. The van der Waals surface area contributed by atoms with E-state index in [1.807, 2.05) is 26.0 Å². The first-order valence-electron chi connectivity index (χ1n) is 7.05. The van der Waals surface area contributed by atoms with Crippen LogP contribution in [0.2, 0.25) is 0 Å². The molecule has 6 nitrogen and oxygen atoms in total. The largest absolute Gasteiger partial charge is 0.389 e. The Kier molecular flexibility index (Phi) is 4.93. The summed E-state index contributed by atoms with van der Waals surface area (Å²) in [5.41, 5.74) is 3.93. The molecule has 1 aliphatic heterocycles. The van der Waals surface area contributed by atoms with Crippen molar-refractivity contribution in [2.45, 2.75) is 26.0 Å². The van der Waals surface area contributed by atoms with Gasteiger partial charge in [0.05, 0.1) is 17.0 Å². The topological polar surface area (TPSA) is 77.7 Å². The van der Waals surface area contributed by atoms with Crippen LogP contribution in [-0.4, -0.2) is 58.2 Å². The number of nitrogens with one attached hydrogen (secondary N) is 1. The van der Waals surface area contributed by atoms with Crippen LogP contribution in [0.5, 0.6) is 0 Å². The molecule has 2 heterocycles. The lowest BCUT2D eigenvalue weighted by molar-refractivity contribution is 0.0165. The molecule has 0 spiro atoms. The molecule has 1 saturated heterocycles. The Balaban J connectivity index is 1.82. The molecule has 1 aromatic heterocycles. The number of anilines is 1. The van der Waals surface area contributed by atoms with E-state index < -0.39 is 5.60 Å². The number of piperazine rings is 1. The third-order valence-electron chi connectivity index (χ3n) is 3.44. The maximum absolute atomic E-state index is 9.84. The molecule has 0 unspecified atom stereocenters. The van der Waals surface area contributed by atoms with Gasteiger partial charge >= 0.3 is 0 Å². The average Bonchev–Trinajstić information content (AvgIpc) is 2.40. The van der Waals surface area contributed by atoms with Gasteiger partial charge in [-0.2, -0.15) is 0 Å². The molecule has 1 aliphatic rings. The number of hydrazine groups is 1. The van der Waals surface area contributed by atoms with E-state index in [1.54, 1.807) is 6.20 Å². The van der Waals surface area contributed by atoms with Crippen LogP contribution in [0, 0.1) is 0 Å². The van der Waals surface area contributed by atoms with Gasteiger partial charge in [0.25, 0.3) is 0 Å². The summed E-state index contributed by atoms with van der Waals surface area (Å²) in [6.45, 7) is 9.24. The summed E-state index contributed by atoms with van der Waals surface area (Å²) in [5.74, 6) is 5.41. The summed E-state index contributed by atoms with van der Waals surface area (Å²) in [7, 11) is 0. The fourth-order valence-corrected chi connectivity index (χ4v) is 2.54. The SMILES string of the molecule is CC(C)(O)CN1CCN(Cc2cc(NN)ccn2)CC1. The number of β-amino-alcohol motifs (C(OH)–C–C–N with tert-alkyl or cyclic N) is 1. The molecule has 6 heteroatoms. The lowest BCUT2D eigenvalue weighted by Crippen LogP contribution is -2.50. The van der Waals surface area contributed by atoms with Crippen LogP contribution in [0.15, 0.2) is 18.3 Å². The van der Waals surface area contributed by atoms with Gasteiger partial charge < -0.3 is 10.5 Å². The van der Waals surface area contributed by atoms with Gasteiger partial charge in [0.2, 0.25) is 0 Å². The number of nitrogens with two attached hydrogens (primary N) is 1. The summed E-state index contributed by atoms with van der Waals surface area (Å²) >= 11 is 0. The molecule has 0 aromatic carbocycles. The van der Waals surface area contributed by atoms with E-state index in [9.17, 15) is 5.11 Å². The zero-order valence-corrected chi connectivity index (χ0v) is 12.3. The summed E-state index contributed by atoms with van der Waals surface area (Å²) in [4.78, 5) is 9.05. The van der Waals surface area contributed by atoms with Crippen LogP contribution in [0.3, 0.4) is 0 Å². The minimum absolute atomic E-state index is 0.620. The van der Waals surface area contributed by atoms with Crippen LogP contribution in [-0.2, 0) is 6.54 Å². The minimum Gasteiger partial charge on any atom is -0.389 e. The average molecular weight is 279 g/mol. The lowest BCUT2D eigenvalue weighted by atomic mass is 10.1. The Morgan fingerprint density at radius 3 is 2.55 bits per heavy atom. The van der Waals surface area contributed by atoms with Crippen molar-refractivity contribution in [3.8, 4) is 0 Å². The molecule has 1 aromatic rings. The zero-order chi connectivity index (χ0) is 14.6. The van der Waals surface area contributed by atoms with Crippen molar-refractivity contribution in [1.82, 2.24) is 14.8 Å². The molecule has 2 rings (SSSR count).